The molecule has 6 rings (SSSR count). The van der Waals surface area contributed by atoms with Gasteiger partial charge in [-0.25, -0.2) is 5.01 Å². The standard InChI is InChI=1S/C31H24ClN3O5/c1-39-27-13-10-19(14-28(27)40-2)26-16-24(22-9-5-7-18-6-3-4-8-21(18)22)33-35(26)29(36)17-34-25-12-11-20(32)15-23(25)30(37)31(34)38/h3-15,26H,16-17H2,1-2H3. The molecule has 200 valence electrons. The van der Waals surface area contributed by atoms with Crippen molar-refractivity contribution in [1.82, 2.24) is 5.01 Å². The van der Waals surface area contributed by atoms with E-state index in [2.05, 4.69) is 0 Å². The molecule has 2 aliphatic rings. The van der Waals surface area contributed by atoms with Gasteiger partial charge in [0, 0.05) is 17.0 Å². The second-order valence-corrected chi connectivity index (χ2v) is 9.96. The van der Waals surface area contributed by atoms with E-state index in [-0.39, 0.29) is 12.1 Å². The lowest BCUT2D eigenvalue weighted by Crippen LogP contribution is -2.40. The summed E-state index contributed by atoms with van der Waals surface area (Å²) in [6.45, 7) is -0.352. The number of amides is 2. The Kier molecular flexibility index (Phi) is 6.48. The van der Waals surface area contributed by atoms with Crippen LogP contribution in [0, 0.1) is 0 Å². The Morgan fingerprint density at radius 3 is 2.50 bits per heavy atom. The molecule has 4 aromatic carbocycles. The summed E-state index contributed by atoms with van der Waals surface area (Å²) < 4.78 is 10.9. The van der Waals surface area contributed by atoms with Gasteiger partial charge in [-0.2, -0.15) is 5.10 Å². The van der Waals surface area contributed by atoms with Crippen LogP contribution in [-0.2, 0) is 9.59 Å². The average Bonchev–Trinajstić information content (AvgIpc) is 3.52. The number of methoxy groups -OCH3 is 2. The molecule has 0 saturated heterocycles. The molecule has 1 unspecified atom stereocenters. The zero-order chi connectivity index (χ0) is 28.0. The molecule has 2 aliphatic heterocycles. The van der Waals surface area contributed by atoms with E-state index in [1.807, 2.05) is 54.6 Å². The summed E-state index contributed by atoms with van der Waals surface area (Å²) in [7, 11) is 3.11. The monoisotopic (exact) mass is 553 g/mol. The molecule has 0 N–H and O–H groups in total. The number of hydrogen-bond acceptors (Lipinski definition) is 6. The third-order valence-corrected chi connectivity index (χ3v) is 7.52. The van der Waals surface area contributed by atoms with Crippen LogP contribution in [0.5, 0.6) is 11.5 Å². The number of anilines is 1. The molecule has 0 radical (unpaired) electrons. The van der Waals surface area contributed by atoms with Gasteiger partial charge < -0.3 is 9.47 Å². The minimum atomic E-state index is -0.772. The van der Waals surface area contributed by atoms with Gasteiger partial charge in [-0.1, -0.05) is 60.1 Å². The molecule has 8 nitrogen and oxygen atoms in total. The van der Waals surface area contributed by atoms with Crippen molar-refractivity contribution >= 4 is 51.4 Å². The first-order valence-corrected chi connectivity index (χ1v) is 13.0. The number of ether oxygens (including phenoxy) is 2. The fourth-order valence-electron chi connectivity index (χ4n) is 5.34. The van der Waals surface area contributed by atoms with Gasteiger partial charge in [-0.3, -0.25) is 19.3 Å². The number of benzene rings is 4. The SMILES string of the molecule is COc1ccc(C2CC(c3cccc4ccccc34)=NN2C(=O)CN2C(=O)C(=O)c3cc(Cl)ccc32)cc1OC. The van der Waals surface area contributed by atoms with Crippen LogP contribution in [0.4, 0.5) is 5.69 Å². The van der Waals surface area contributed by atoms with E-state index in [1.54, 1.807) is 32.4 Å². The molecule has 0 saturated carbocycles. The maximum absolute atomic E-state index is 13.9. The molecule has 2 heterocycles. The molecule has 0 spiro atoms. The third-order valence-electron chi connectivity index (χ3n) is 7.29. The molecule has 40 heavy (non-hydrogen) atoms. The molecule has 0 aliphatic carbocycles. The zero-order valence-corrected chi connectivity index (χ0v) is 22.5. The van der Waals surface area contributed by atoms with Crippen LogP contribution < -0.4 is 14.4 Å². The van der Waals surface area contributed by atoms with Crippen LogP contribution in [-0.4, -0.2) is 49.1 Å². The number of hydrogen-bond donors (Lipinski definition) is 0. The summed E-state index contributed by atoms with van der Waals surface area (Å²) in [5.74, 6) is -0.807. The Balaban J connectivity index is 1.40. The van der Waals surface area contributed by atoms with E-state index in [1.165, 1.54) is 16.0 Å². The minimum Gasteiger partial charge on any atom is -0.493 e. The molecule has 4 aromatic rings. The lowest BCUT2D eigenvalue weighted by molar-refractivity contribution is -0.132. The van der Waals surface area contributed by atoms with E-state index in [4.69, 9.17) is 26.2 Å². The summed E-state index contributed by atoms with van der Waals surface area (Å²) in [4.78, 5) is 40.5. The van der Waals surface area contributed by atoms with Gasteiger partial charge in [-0.15, -0.1) is 0 Å². The van der Waals surface area contributed by atoms with E-state index >= 15 is 0 Å². The van der Waals surface area contributed by atoms with Gasteiger partial charge >= 0.3 is 0 Å². The van der Waals surface area contributed by atoms with Crippen LogP contribution >= 0.6 is 11.6 Å². The molecule has 9 heteroatoms. The van der Waals surface area contributed by atoms with Gasteiger partial charge in [0.05, 0.1) is 37.2 Å². The third kappa shape index (κ3) is 4.26. The molecule has 1 atom stereocenters. The first-order chi connectivity index (χ1) is 19.4. The predicted molar refractivity (Wildman–Crippen MR) is 152 cm³/mol. The van der Waals surface area contributed by atoms with Crippen LogP contribution in [0.3, 0.4) is 0 Å². The second-order valence-electron chi connectivity index (χ2n) is 9.53. The number of ketones is 1. The first kappa shape index (κ1) is 25.6. The largest absolute Gasteiger partial charge is 0.493 e. The highest BCUT2D eigenvalue weighted by Crippen LogP contribution is 2.39. The number of halogens is 1. The average molecular weight is 554 g/mol. The minimum absolute atomic E-state index is 0.183. The summed E-state index contributed by atoms with van der Waals surface area (Å²) >= 11 is 6.05. The Hall–Kier alpha value is -4.69. The smallest absolute Gasteiger partial charge is 0.299 e. The summed E-state index contributed by atoms with van der Waals surface area (Å²) in [5.41, 5.74) is 2.99. The van der Waals surface area contributed by atoms with Gasteiger partial charge in [-0.05, 0) is 46.7 Å². The van der Waals surface area contributed by atoms with Crippen molar-refractivity contribution in [2.45, 2.75) is 12.5 Å². The van der Waals surface area contributed by atoms with Crippen molar-refractivity contribution in [2.75, 3.05) is 25.7 Å². The van der Waals surface area contributed by atoms with E-state index in [9.17, 15) is 14.4 Å². The molecular formula is C31H24ClN3O5. The van der Waals surface area contributed by atoms with Crippen molar-refractivity contribution in [3.05, 3.63) is 101 Å². The van der Waals surface area contributed by atoms with Crippen molar-refractivity contribution in [3.8, 4) is 11.5 Å². The van der Waals surface area contributed by atoms with Gasteiger partial charge in [0.1, 0.15) is 6.54 Å². The van der Waals surface area contributed by atoms with Crippen LogP contribution in [0.1, 0.15) is 33.9 Å². The van der Waals surface area contributed by atoms with Gasteiger partial charge in [0.2, 0.25) is 0 Å². The normalized spacial score (nSPS) is 16.4. The van der Waals surface area contributed by atoms with Crippen molar-refractivity contribution < 1.29 is 23.9 Å². The number of rotatable bonds is 6. The predicted octanol–water partition coefficient (Wildman–Crippen LogP) is 5.42. The van der Waals surface area contributed by atoms with Gasteiger partial charge in [0.25, 0.3) is 17.6 Å². The van der Waals surface area contributed by atoms with Crippen LogP contribution in [0.15, 0.2) is 84.0 Å². The highest BCUT2D eigenvalue weighted by Gasteiger charge is 2.40. The summed E-state index contributed by atoms with van der Waals surface area (Å²) in [6, 6.07) is 23.6. The van der Waals surface area contributed by atoms with Crippen molar-refractivity contribution in [1.29, 1.82) is 0 Å². The van der Waals surface area contributed by atoms with E-state index in [0.717, 1.165) is 27.6 Å². The Labute approximate surface area is 235 Å². The molecule has 0 aromatic heterocycles. The van der Waals surface area contributed by atoms with Crippen LogP contribution in [0.2, 0.25) is 5.02 Å². The van der Waals surface area contributed by atoms with Crippen LogP contribution in [0.25, 0.3) is 10.8 Å². The number of Topliss-reactive ketones (excluding diaryl/α,β-unsaturated/α-hetero) is 1. The van der Waals surface area contributed by atoms with E-state index < -0.39 is 23.6 Å². The topological polar surface area (TPSA) is 88.5 Å². The Bertz CT molecular complexity index is 1730. The zero-order valence-electron chi connectivity index (χ0n) is 21.8. The number of hydrazone groups is 1. The lowest BCUT2D eigenvalue weighted by atomic mass is 9.95. The molecule has 0 bridgehead atoms. The Morgan fingerprint density at radius 1 is 0.925 bits per heavy atom. The quantitative estimate of drug-likeness (QED) is 0.298. The van der Waals surface area contributed by atoms with E-state index in [0.29, 0.717) is 28.6 Å². The summed E-state index contributed by atoms with van der Waals surface area (Å²) in [5, 5.41) is 8.64. The molecule has 2 amide bonds. The maximum Gasteiger partial charge on any atom is 0.299 e. The van der Waals surface area contributed by atoms with Crippen molar-refractivity contribution in [3.63, 3.8) is 0 Å². The fraction of sp³-hybridized carbons (Fsp3) is 0.161. The highest BCUT2D eigenvalue weighted by atomic mass is 35.5. The lowest BCUT2D eigenvalue weighted by Gasteiger charge is -2.25. The highest BCUT2D eigenvalue weighted by molar-refractivity contribution is 6.53. The van der Waals surface area contributed by atoms with Crippen molar-refractivity contribution in [2.24, 2.45) is 5.10 Å². The fourth-order valence-corrected chi connectivity index (χ4v) is 5.51. The van der Waals surface area contributed by atoms with Gasteiger partial charge in [0.15, 0.2) is 11.5 Å². The Morgan fingerprint density at radius 2 is 1.70 bits per heavy atom. The molecule has 0 fully saturated rings. The number of carbonyl (C=O) groups is 3. The maximum atomic E-state index is 13.9. The molecular weight excluding hydrogens is 530 g/mol. The first-order valence-electron chi connectivity index (χ1n) is 12.6. The second kappa shape index (κ2) is 10.1. The summed E-state index contributed by atoms with van der Waals surface area (Å²) in [6.07, 6.45) is 0.439. The number of fused-ring (bicyclic) bond motifs is 2. The number of nitrogens with zero attached hydrogens (tertiary/aromatic N) is 3. The number of carbonyl (C=O) groups excluding carboxylic acids is 3.